The zero-order valence-electron chi connectivity index (χ0n) is 12.7. The van der Waals surface area contributed by atoms with Gasteiger partial charge >= 0.3 is 0 Å². The van der Waals surface area contributed by atoms with E-state index in [0.29, 0.717) is 12.5 Å². The normalized spacial score (nSPS) is 14.6. The zero-order chi connectivity index (χ0) is 14.7. The molecule has 0 saturated carbocycles. The summed E-state index contributed by atoms with van der Waals surface area (Å²) in [6, 6.07) is 11.1. The van der Waals surface area contributed by atoms with Crippen molar-refractivity contribution in [3.63, 3.8) is 0 Å². The molecule has 0 fully saturated rings. The van der Waals surface area contributed by atoms with E-state index < -0.39 is 0 Å². The average Bonchev–Trinajstić information content (AvgIpc) is 2.97. The van der Waals surface area contributed by atoms with Gasteiger partial charge in [-0.15, -0.1) is 0 Å². The van der Waals surface area contributed by atoms with Gasteiger partial charge in [-0.05, 0) is 55.9 Å². The van der Waals surface area contributed by atoms with Crippen LogP contribution in [0, 0.1) is 0 Å². The van der Waals surface area contributed by atoms with E-state index in [0.717, 1.165) is 5.69 Å². The van der Waals surface area contributed by atoms with Crippen LogP contribution in [0.2, 0.25) is 0 Å². The quantitative estimate of drug-likeness (QED) is 0.895. The number of hydrogen-bond acceptors (Lipinski definition) is 3. The molecule has 0 amide bonds. The Bertz CT molecular complexity index is 607. The zero-order valence-corrected chi connectivity index (χ0v) is 12.7. The predicted molar refractivity (Wildman–Crippen MR) is 85.9 cm³/mol. The summed E-state index contributed by atoms with van der Waals surface area (Å²) in [6.45, 7) is 4.79. The fourth-order valence-electron chi connectivity index (χ4n) is 2.89. The minimum atomic E-state index is 0.274. The van der Waals surface area contributed by atoms with Crippen LogP contribution in [0.25, 0.3) is 0 Å². The van der Waals surface area contributed by atoms with Crippen LogP contribution in [0.1, 0.15) is 43.0 Å². The Morgan fingerprint density at radius 1 is 1.19 bits per heavy atom. The van der Waals surface area contributed by atoms with E-state index in [1.165, 1.54) is 36.0 Å². The second kappa shape index (κ2) is 6.17. The summed E-state index contributed by atoms with van der Waals surface area (Å²) in [5.74, 6) is 0.674. The van der Waals surface area contributed by atoms with Gasteiger partial charge in [-0.25, -0.2) is 4.98 Å². The molecule has 110 valence electrons. The van der Waals surface area contributed by atoms with Crippen LogP contribution in [-0.4, -0.2) is 11.6 Å². The Morgan fingerprint density at radius 2 is 2.05 bits per heavy atom. The van der Waals surface area contributed by atoms with Crippen LogP contribution < -0.4 is 10.1 Å². The third-order valence-corrected chi connectivity index (χ3v) is 4.03. The van der Waals surface area contributed by atoms with Gasteiger partial charge in [-0.1, -0.05) is 18.2 Å². The summed E-state index contributed by atoms with van der Waals surface area (Å²) in [5.41, 5.74) is 5.40. The Kier molecular flexibility index (Phi) is 4.09. The fraction of sp³-hybridized carbons (Fsp3) is 0.389. The molecule has 3 heteroatoms. The molecule has 0 saturated heterocycles. The lowest BCUT2D eigenvalue weighted by atomic mass is 10.0. The summed E-state index contributed by atoms with van der Waals surface area (Å²) < 4.78 is 5.36. The molecule has 1 N–H and O–H groups in total. The number of aromatic nitrogens is 1. The van der Waals surface area contributed by atoms with Crippen molar-refractivity contribution in [1.29, 1.82) is 0 Å². The number of aryl methyl sites for hydroxylation is 2. The molecule has 0 spiro atoms. The fourth-order valence-corrected chi connectivity index (χ4v) is 2.89. The van der Waals surface area contributed by atoms with E-state index >= 15 is 0 Å². The third kappa shape index (κ3) is 3.18. The molecule has 1 aromatic heterocycles. The van der Waals surface area contributed by atoms with Crippen LogP contribution >= 0.6 is 0 Å². The first-order chi connectivity index (χ1) is 10.3. The summed E-state index contributed by atoms with van der Waals surface area (Å²) in [6.07, 6.45) is 5.58. The second-order valence-corrected chi connectivity index (χ2v) is 5.57. The van der Waals surface area contributed by atoms with Crippen LogP contribution in [-0.2, 0) is 12.8 Å². The minimum Gasteiger partial charge on any atom is -0.478 e. The first-order valence-electron chi connectivity index (χ1n) is 7.73. The van der Waals surface area contributed by atoms with Crippen molar-refractivity contribution in [1.82, 2.24) is 4.98 Å². The number of benzene rings is 1. The van der Waals surface area contributed by atoms with Crippen LogP contribution in [0.4, 0.5) is 5.69 Å². The largest absolute Gasteiger partial charge is 0.478 e. The number of pyridine rings is 1. The van der Waals surface area contributed by atoms with E-state index in [1.54, 1.807) is 0 Å². The van der Waals surface area contributed by atoms with Crippen LogP contribution in [0.3, 0.4) is 0 Å². The molecule has 1 aliphatic rings. The van der Waals surface area contributed by atoms with Gasteiger partial charge in [0, 0.05) is 12.1 Å². The van der Waals surface area contributed by atoms with Gasteiger partial charge in [-0.2, -0.15) is 0 Å². The third-order valence-electron chi connectivity index (χ3n) is 4.03. The highest BCUT2D eigenvalue weighted by molar-refractivity contribution is 5.46. The van der Waals surface area contributed by atoms with Crippen molar-refractivity contribution in [2.75, 3.05) is 11.9 Å². The average molecular weight is 282 g/mol. The highest BCUT2D eigenvalue weighted by atomic mass is 16.5. The van der Waals surface area contributed by atoms with Crippen molar-refractivity contribution in [3.8, 4) is 5.88 Å². The topological polar surface area (TPSA) is 34.1 Å². The molecule has 0 bridgehead atoms. The van der Waals surface area contributed by atoms with Crippen LogP contribution in [0.5, 0.6) is 5.88 Å². The maximum atomic E-state index is 5.36. The van der Waals surface area contributed by atoms with Gasteiger partial charge in [-0.3, -0.25) is 0 Å². The molecule has 2 aromatic rings. The Labute approximate surface area is 126 Å². The number of nitrogens with one attached hydrogen (secondary N) is 1. The summed E-state index contributed by atoms with van der Waals surface area (Å²) in [5, 5.41) is 3.50. The highest BCUT2D eigenvalue weighted by Gasteiger charge is 2.13. The number of anilines is 1. The molecule has 0 radical (unpaired) electrons. The highest BCUT2D eigenvalue weighted by Crippen LogP contribution is 2.27. The van der Waals surface area contributed by atoms with Crippen molar-refractivity contribution in [3.05, 3.63) is 53.2 Å². The van der Waals surface area contributed by atoms with Gasteiger partial charge < -0.3 is 10.1 Å². The van der Waals surface area contributed by atoms with Gasteiger partial charge in [0.05, 0.1) is 18.5 Å². The molecular formula is C18H22N2O. The number of ether oxygens (including phenoxy) is 1. The lowest BCUT2D eigenvalue weighted by molar-refractivity contribution is 0.327. The molecule has 0 aliphatic heterocycles. The smallest absolute Gasteiger partial charge is 0.213 e. The number of fused-ring (bicyclic) bond motifs is 1. The molecule has 21 heavy (non-hydrogen) atoms. The first kappa shape index (κ1) is 13.9. The van der Waals surface area contributed by atoms with Gasteiger partial charge in [0.1, 0.15) is 0 Å². The Balaban J connectivity index is 1.69. The molecule has 3 rings (SSSR count). The van der Waals surface area contributed by atoms with E-state index in [4.69, 9.17) is 4.74 Å². The van der Waals surface area contributed by atoms with E-state index in [2.05, 4.69) is 35.4 Å². The SMILES string of the molecule is CCOc1ccc(NC(C)c2ccc3c(c2)CCC3)cn1. The lowest BCUT2D eigenvalue weighted by Crippen LogP contribution is -2.07. The van der Waals surface area contributed by atoms with Crippen molar-refractivity contribution in [2.45, 2.75) is 39.2 Å². The van der Waals surface area contributed by atoms with E-state index in [1.807, 2.05) is 25.3 Å². The number of hydrogen-bond donors (Lipinski definition) is 1. The van der Waals surface area contributed by atoms with Crippen molar-refractivity contribution >= 4 is 5.69 Å². The minimum absolute atomic E-state index is 0.274. The Morgan fingerprint density at radius 3 is 2.81 bits per heavy atom. The molecule has 1 unspecified atom stereocenters. The molecule has 1 atom stereocenters. The van der Waals surface area contributed by atoms with Crippen molar-refractivity contribution in [2.24, 2.45) is 0 Å². The maximum absolute atomic E-state index is 5.36. The second-order valence-electron chi connectivity index (χ2n) is 5.57. The summed E-state index contributed by atoms with van der Waals surface area (Å²) in [4.78, 5) is 4.29. The monoisotopic (exact) mass is 282 g/mol. The standard InChI is InChI=1S/C18H22N2O/c1-3-21-18-10-9-17(12-19-18)20-13(2)15-8-7-14-5-4-6-16(14)11-15/h7-13,20H,3-6H2,1-2H3. The van der Waals surface area contributed by atoms with Gasteiger partial charge in [0.25, 0.3) is 0 Å². The van der Waals surface area contributed by atoms with E-state index in [9.17, 15) is 0 Å². The number of nitrogens with zero attached hydrogens (tertiary/aromatic N) is 1. The van der Waals surface area contributed by atoms with Crippen molar-refractivity contribution < 1.29 is 4.74 Å². The summed E-state index contributed by atoms with van der Waals surface area (Å²) in [7, 11) is 0. The first-order valence-corrected chi connectivity index (χ1v) is 7.73. The summed E-state index contributed by atoms with van der Waals surface area (Å²) >= 11 is 0. The molecule has 1 aromatic carbocycles. The van der Waals surface area contributed by atoms with Gasteiger partial charge in [0.2, 0.25) is 5.88 Å². The maximum Gasteiger partial charge on any atom is 0.213 e. The molecule has 3 nitrogen and oxygen atoms in total. The van der Waals surface area contributed by atoms with E-state index in [-0.39, 0.29) is 6.04 Å². The van der Waals surface area contributed by atoms with Gasteiger partial charge in [0.15, 0.2) is 0 Å². The number of rotatable bonds is 5. The Hall–Kier alpha value is -2.03. The lowest BCUT2D eigenvalue weighted by Gasteiger charge is -2.17. The predicted octanol–water partition coefficient (Wildman–Crippen LogP) is 4.14. The molecule has 1 aliphatic carbocycles. The molecular weight excluding hydrogens is 260 g/mol. The molecule has 1 heterocycles. The van der Waals surface area contributed by atoms with Crippen LogP contribution in [0.15, 0.2) is 36.5 Å².